The van der Waals surface area contributed by atoms with Gasteiger partial charge in [0.2, 0.25) is 0 Å². The minimum atomic E-state index is -1.89. The van der Waals surface area contributed by atoms with Gasteiger partial charge in [0.05, 0.1) is 23.3 Å². The van der Waals surface area contributed by atoms with E-state index in [9.17, 15) is 0 Å². The van der Waals surface area contributed by atoms with E-state index in [1.165, 1.54) is 6.33 Å². The van der Waals surface area contributed by atoms with Crippen LogP contribution in [0.5, 0.6) is 11.5 Å². The van der Waals surface area contributed by atoms with Crippen LogP contribution in [-0.4, -0.2) is 45.2 Å². The first-order chi connectivity index (χ1) is 17.6. The second-order valence-electron chi connectivity index (χ2n) is 10.8. The van der Waals surface area contributed by atoms with E-state index in [2.05, 4.69) is 43.8 Å². The van der Waals surface area contributed by atoms with Crippen molar-refractivity contribution in [3.8, 4) is 22.8 Å². The summed E-state index contributed by atoms with van der Waals surface area (Å²) >= 11 is 0. The molecule has 0 unspecified atom stereocenters. The van der Waals surface area contributed by atoms with Crippen molar-refractivity contribution in [1.29, 1.82) is 0 Å². The maximum atomic E-state index is 6.82. The summed E-state index contributed by atoms with van der Waals surface area (Å²) in [6, 6.07) is 17.6. The van der Waals surface area contributed by atoms with E-state index in [-0.39, 0.29) is 16.4 Å². The van der Waals surface area contributed by atoms with Crippen molar-refractivity contribution >= 4 is 46.8 Å². The maximum Gasteiger partial charge on any atom is 0.192 e. The number of ether oxygens (including phenoxy) is 1. The van der Waals surface area contributed by atoms with Gasteiger partial charge in [0, 0.05) is 11.3 Å². The number of hydrogen-bond donors (Lipinski definition) is 1. The molecule has 1 saturated heterocycles. The van der Waals surface area contributed by atoms with Gasteiger partial charge in [-0.3, -0.25) is 0 Å². The zero-order valence-corrected chi connectivity index (χ0v) is 24.5. The second kappa shape index (κ2) is 10.3. The molecule has 0 bridgehead atoms. The number of benzene rings is 2. The fraction of sp³-hybridized carbons (Fsp3) is 0.370. The SMILES string of the molecule is CC(C)(C)[Si](C)(C)O[C@@H]1CSS[C@H]1Cn1nc(-c2ccc(Oc3ccccc3)cc2)c2c(N)ncnc21. The average Bonchev–Trinajstić information content (AvgIpc) is 3.45. The van der Waals surface area contributed by atoms with Crippen molar-refractivity contribution in [2.75, 3.05) is 11.5 Å². The van der Waals surface area contributed by atoms with E-state index in [1.807, 2.05) is 80.9 Å². The molecule has 37 heavy (non-hydrogen) atoms. The van der Waals surface area contributed by atoms with E-state index in [1.54, 1.807) is 0 Å². The Bertz CT molecular complexity index is 1370. The zero-order chi connectivity index (χ0) is 26.2. The molecule has 2 atom stereocenters. The Morgan fingerprint density at radius 2 is 1.73 bits per heavy atom. The largest absolute Gasteiger partial charge is 0.457 e. The highest BCUT2D eigenvalue weighted by molar-refractivity contribution is 8.77. The Morgan fingerprint density at radius 3 is 2.43 bits per heavy atom. The normalized spacial score (nSPS) is 18.4. The molecule has 3 heterocycles. The molecule has 10 heteroatoms. The van der Waals surface area contributed by atoms with Gasteiger partial charge in [0.15, 0.2) is 14.0 Å². The summed E-state index contributed by atoms with van der Waals surface area (Å²) < 4.78 is 14.8. The number of rotatable bonds is 7. The molecule has 2 aromatic heterocycles. The Hall–Kier alpha value is -2.53. The summed E-state index contributed by atoms with van der Waals surface area (Å²) in [5, 5.41) is 6.22. The molecule has 1 fully saturated rings. The summed E-state index contributed by atoms with van der Waals surface area (Å²) in [4.78, 5) is 8.84. The van der Waals surface area contributed by atoms with Crippen molar-refractivity contribution in [3.63, 3.8) is 0 Å². The highest BCUT2D eigenvalue weighted by Crippen LogP contribution is 2.45. The molecule has 1 aliphatic heterocycles. The fourth-order valence-electron chi connectivity index (χ4n) is 4.01. The Balaban J connectivity index is 1.42. The lowest BCUT2D eigenvalue weighted by molar-refractivity contribution is 0.195. The summed E-state index contributed by atoms with van der Waals surface area (Å²) in [5.74, 6) is 2.96. The van der Waals surface area contributed by atoms with Crippen LogP contribution in [0.15, 0.2) is 60.9 Å². The van der Waals surface area contributed by atoms with Crippen molar-refractivity contribution in [1.82, 2.24) is 19.7 Å². The Kier molecular flexibility index (Phi) is 7.28. The third-order valence-electron chi connectivity index (χ3n) is 7.11. The lowest BCUT2D eigenvalue weighted by Gasteiger charge is -2.39. The van der Waals surface area contributed by atoms with Gasteiger partial charge in [-0.1, -0.05) is 60.6 Å². The van der Waals surface area contributed by atoms with Crippen LogP contribution in [0.3, 0.4) is 0 Å². The number of hydrogen-bond acceptors (Lipinski definition) is 8. The summed E-state index contributed by atoms with van der Waals surface area (Å²) in [6.07, 6.45) is 1.68. The van der Waals surface area contributed by atoms with Gasteiger partial charge in [-0.2, -0.15) is 5.10 Å². The van der Waals surface area contributed by atoms with Crippen LogP contribution in [0.4, 0.5) is 5.82 Å². The number of aromatic nitrogens is 4. The van der Waals surface area contributed by atoms with Crippen LogP contribution in [-0.2, 0) is 11.0 Å². The van der Waals surface area contributed by atoms with Crippen LogP contribution >= 0.6 is 21.6 Å². The van der Waals surface area contributed by atoms with Gasteiger partial charge in [-0.15, -0.1) is 0 Å². The molecule has 2 N–H and O–H groups in total. The minimum Gasteiger partial charge on any atom is -0.457 e. The lowest BCUT2D eigenvalue weighted by atomic mass is 10.1. The zero-order valence-electron chi connectivity index (χ0n) is 21.8. The molecular formula is C27H33N5O2S2Si. The molecule has 0 spiro atoms. The monoisotopic (exact) mass is 551 g/mol. The molecule has 4 aromatic rings. The molecule has 2 aromatic carbocycles. The van der Waals surface area contributed by atoms with Crippen molar-refractivity contribution in [3.05, 3.63) is 60.9 Å². The van der Waals surface area contributed by atoms with Crippen LogP contribution in [0, 0.1) is 0 Å². The van der Waals surface area contributed by atoms with Crippen molar-refractivity contribution in [2.24, 2.45) is 0 Å². The highest BCUT2D eigenvalue weighted by atomic mass is 33.1. The number of fused-ring (bicyclic) bond motifs is 1. The maximum absolute atomic E-state index is 6.82. The number of nitrogens with zero attached hydrogens (tertiary/aromatic N) is 4. The number of anilines is 1. The lowest BCUT2D eigenvalue weighted by Crippen LogP contribution is -2.46. The molecule has 194 valence electrons. The molecular weight excluding hydrogens is 519 g/mol. The predicted octanol–water partition coefficient (Wildman–Crippen LogP) is 7.02. The third kappa shape index (κ3) is 5.52. The number of nitrogens with two attached hydrogens (primary N) is 1. The first-order valence-corrected chi connectivity index (χ1v) is 17.7. The third-order valence-corrected chi connectivity index (χ3v) is 14.5. The molecule has 0 saturated carbocycles. The van der Waals surface area contributed by atoms with Crippen LogP contribution in [0.1, 0.15) is 20.8 Å². The van der Waals surface area contributed by atoms with Crippen molar-refractivity contribution < 1.29 is 9.16 Å². The van der Waals surface area contributed by atoms with Gasteiger partial charge in [0.25, 0.3) is 0 Å². The standard InChI is InChI=1S/C27H33N5O2S2Si/c1-27(2,3)37(4,5)34-21-16-35-36-22(21)15-32-26-23(25(28)29-17-30-26)24(31-32)18-11-13-20(14-12-18)33-19-9-7-6-8-10-19/h6-14,17,21-22H,15-16H2,1-5H3,(H2,28,29,30)/t21-,22+/m1/s1. The molecule has 7 nitrogen and oxygen atoms in total. The van der Waals surface area contributed by atoms with Gasteiger partial charge < -0.3 is 14.9 Å². The number of para-hydroxylation sites is 1. The van der Waals surface area contributed by atoms with Crippen LogP contribution < -0.4 is 10.5 Å². The summed E-state index contributed by atoms with van der Waals surface area (Å²) in [7, 11) is 1.87. The van der Waals surface area contributed by atoms with Crippen LogP contribution in [0.25, 0.3) is 22.3 Å². The molecule has 0 aliphatic carbocycles. The molecule has 0 radical (unpaired) electrons. The first kappa shape index (κ1) is 26.1. The van der Waals surface area contributed by atoms with Gasteiger partial charge in [-0.05, 0) is 54.5 Å². The second-order valence-corrected chi connectivity index (χ2v) is 18.2. The number of nitrogen functional groups attached to an aromatic ring is 1. The van der Waals surface area contributed by atoms with E-state index < -0.39 is 8.32 Å². The Labute approximate surface area is 227 Å². The van der Waals surface area contributed by atoms with Gasteiger partial charge >= 0.3 is 0 Å². The van der Waals surface area contributed by atoms with E-state index in [0.717, 1.165) is 39.5 Å². The molecule has 0 amide bonds. The quantitative estimate of drug-likeness (QED) is 0.194. The van der Waals surface area contributed by atoms with E-state index in [4.69, 9.17) is 20.0 Å². The highest BCUT2D eigenvalue weighted by Gasteiger charge is 2.42. The van der Waals surface area contributed by atoms with E-state index in [0.29, 0.717) is 12.4 Å². The Morgan fingerprint density at radius 1 is 1.03 bits per heavy atom. The molecule has 1 aliphatic rings. The van der Waals surface area contributed by atoms with Gasteiger partial charge in [0.1, 0.15) is 29.3 Å². The van der Waals surface area contributed by atoms with Gasteiger partial charge in [-0.25, -0.2) is 14.6 Å². The smallest absolute Gasteiger partial charge is 0.192 e. The summed E-state index contributed by atoms with van der Waals surface area (Å²) in [6.45, 7) is 12.2. The van der Waals surface area contributed by atoms with E-state index >= 15 is 0 Å². The molecule has 5 rings (SSSR count). The topological polar surface area (TPSA) is 88.1 Å². The minimum absolute atomic E-state index is 0.166. The average molecular weight is 552 g/mol. The van der Waals surface area contributed by atoms with Crippen molar-refractivity contribution in [2.45, 2.75) is 56.8 Å². The fourth-order valence-corrected chi connectivity index (χ4v) is 8.59. The summed E-state index contributed by atoms with van der Waals surface area (Å²) in [5.41, 5.74) is 8.81. The predicted molar refractivity (Wildman–Crippen MR) is 158 cm³/mol. The van der Waals surface area contributed by atoms with Crippen LogP contribution in [0.2, 0.25) is 18.1 Å². The first-order valence-electron chi connectivity index (χ1n) is 12.4.